The van der Waals surface area contributed by atoms with Crippen LogP contribution in [0.25, 0.3) is 0 Å². The number of ether oxygens (including phenoxy) is 7. The van der Waals surface area contributed by atoms with Gasteiger partial charge in [-0.15, -0.1) is 0 Å². The fraction of sp³-hybridized carbons (Fsp3) is 0.562. The summed E-state index contributed by atoms with van der Waals surface area (Å²) in [5.74, 6) is 0.288. The Labute approximate surface area is 275 Å². The fourth-order valence-corrected chi connectivity index (χ4v) is 6.16. The first-order chi connectivity index (χ1) is 23.1. The van der Waals surface area contributed by atoms with E-state index >= 15 is 0 Å². The van der Waals surface area contributed by atoms with Crippen LogP contribution in [-0.2, 0) is 35.1 Å². The van der Waals surface area contributed by atoms with Crippen LogP contribution in [0.3, 0.4) is 0 Å². The van der Waals surface area contributed by atoms with E-state index in [0.29, 0.717) is 41.6 Å². The number of aliphatic hydroxyl groups is 3. The molecule has 48 heavy (non-hydrogen) atoms. The van der Waals surface area contributed by atoms with Crippen molar-refractivity contribution < 1.29 is 72.9 Å². The van der Waals surface area contributed by atoms with E-state index in [-0.39, 0.29) is 37.3 Å². The topological polar surface area (TPSA) is 224 Å². The molecule has 8 atom stereocenters. The average molecular weight is 678 g/mol. The second-order valence-electron chi connectivity index (χ2n) is 12.3. The molecule has 2 aromatic carbocycles. The lowest BCUT2D eigenvalue weighted by Crippen LogP contribution is -2.60. The molecule has 262 valence electrons. The summed E-state index contributed by atoms with van der Waals surface area (Å²) >= 11 is 0. The molecule has 4 aliphatic heterocycles. The molecular formula is C32H39NO15. The number of aliphatic hydroxyl groups excluding tert-OH is 3. The van der Waals surface area contributed by atoms with Crippen molar-refractivity contribution >= 4 is 11.9 Å². The van der Waals surface area contributed by atoms with Gasteiger partial charge in [0.15, 0.2) is 29.6 Å². The van der Waals surface area contributed by atoms with E-state index in [1.807, 2.05) is 6.07 Å². The summed E-state index contributed by atoms with van der Waals surface area (Å²) in [4.78, 5) is 33.6. The number of rotatable bonds is 13. The van der Waals surface area contributed by atoms with Gasteiger partial charge in [0.2, 0.25) is 0 Å². The van der Waals surface area contributed by atoms with Gasteiger partial charge in [0.05, 0.1) is 19.1 Å². The lowest BCUT2D eigenvalue weighted by atomic mass is 9.87. The maximum atomic E-state index is 11.7. The first kappa shape index (κ1) is 34.0. The summed E-state index contributed by atoms with van der Waals surface area (Å²) in [6.07, 6.45) is -8.60. The number of hydrogen-bond acceptors (Lipinski definition) is 15. The van der Waals surface area contributed by atoms with E-state index in [9.17, 15) is 24.9 Å². The van der Waals surface area contributed by atoms with Crippen LogP contribution in [0.2, 0.25) is 0 Å². The third-order valence-corrected chi connectivity index (χ3v) is 8.31. The molecule has 0 saturated carbocycles. The highest BCUT2D eigenvalue weighted by Gasteiger charge is 2.48. The normalized spacial score (nSPS) is 28.1. The fourth-order valence-electron chi connectivity index (χ4n) is 6.16. The summed E-state index contributed by atoms with van der Waals surface area (Å²) in [5, 5.41) is 40.0. The van der Waals surface area contributed by atoms with Crippen molar-refractivity contribution in [2.24, 2.45) is 11.7 Å². The number of nitrogens with two attached hydrogens (primary N) is 1. The second-order valence-corrected chi connectivity index (χ2v) is 12.3. The molecule has 0 bridgehead atoms. The zero-order chi connectivity index (χ0) is 34.1. The van der Waals surface area contributed by atoms with Gasteiger partial charge in [-0.2, -0.15) is 4.89 Å². The van der Waals surface area contributed by atoms with Crippen molar-refractivity contribution in [2.45, 2.75) is 75.7 Å². The Morgan fingerprint density at radius 2 is 1.85 bits per heavy atom. The van der Waals surface area contributed by atoms with Crippen LogP contribution in [0.1, 0.15) is 49.0 Å². The second kappa shape index (κ2) is 14.3. The van der Waals surface area contributed by atoms with Gasteiger partial charge in [-0.25, -0.2) is 0 Å². The molecule has 4 heterocycles. The zero-order valence-electron chi connectivity index (χ0n) is 26.3. The van der Waals surface area contributed by atoms with Crippen LogP contribution in [0.15, 0.2) is 24.3 Å². The van der Waals surface area contributed by atoms with E-state index in [2.05, 4.69) is 13.8 Å². The molecule has 0 aromatic heterocycles. The predicted molar refractivity (Wildman–Crippen MR) is 160 cm³/mol. The Bertz CT molecular complexity index is 1500. The van der Waals surface area contributed by atoms with Crippen LogP contribution < -0.4 is 29.6 Å². The number of carbonyl (C=O) groups excluding carboxylic acids is 1. The Morgan fingerprint density at radius 1 is 1.04 bits per heavy atom. The predicted octanol–water partition coefficient (Wildman–Crippen LogP) is 0.703. The van der Waals surface area contributed by atoms with Crippen LogP contribution in [0.4, 0.5) is 0 Å². The lowest BCUT2D eigenvalue weighted by molar-refractivity contribution is -0.372. The SMILES string of the molecule is CC(C)Cc1c2c(cc3c1O[C@@H]1c4cc(OO[C@H]5[C@H](OCCN)O[C@H](COC(=O)CC(=O)O)[C@@H](O)[C@@H]5O)ccc4OC[C@H]31)O[C@H](CO)O2. The first-order valence-electron chi connectivity index (χ1n) is 15.7. The van der Waals surface area contributed by atoms with Gasteiger partial charge in [-0.1, -0.05) is 13.8 Å². The minimum atomic E-state index is -1.63. The van der Waals surface area contributed by atoms with Crippen molar-refractivity contribution in [2.75, 3.05) is 33.0 Å². The summed E-state index contributed by atoms with van der Waals surface area (Å²) in [6, 6.07) is 6.87. The van der Waals surface area contributed by atoms with Gasteiger partial charge in [0, 0.05) is 23.2 Å². The van der Waals surface area contributed by atoms with Crippen molar-refractivity contribution in [3.63, 3.8) is 0 Å². The number of hydrogen-bond donors (Lipinski definition) is 5. The van der Waals surface area contributed by atoms with Crippen molar-refractivity contribution in [1.29, 1.82) is 0 Å². The van der Waals surface area contributed by atoms with Crippen LogP contribution >= 0.6 is 0 Å². The van der Waals surface area contributed by atoms with E-state index in [0.717, 1.165) is 11.1 Å². The molecule has 2 aromatic rings. The third-order valence-electron chi connectivity index (χ3n) is 8.31. The standard InChI is InChI=1S/C32H39NO15/c1-14(2)7-18-28-16(9-21-30(18)45-25(11-34)43-21)19-12-41-20-4-3-15(8-17(20)29(19)46-28)47-48-31-27(39)26(38)22(44-32(31)40-6-5-33)13-42-24(37)10-23(35)36/h3-4,8-9,14,19,22,25-27,29,31-32,34,38-39H,5-7,10-13,33H2,1-2H3,(H,35,36)/t19-,22-,25+,26-,27+,29-,31-,32-/m1/s1. The monoisotopic (exact) mass is 677 g/mol. The molecule has 0 spiro atoms. The Hall–Kier alpha value is -3.90. The third kappa shape index (κ3) is 6.82. The van der Waals surface area contributed by atoms with Gasteiger partial charge >= 0.3 is 11.9 Å². The highest BCUT2D eigenvalue weighted by molar-refractivity contribution is 5.90. The minimum Gasteiger partial charge on any atom is -0.492 e. The summed E-state index contributed by atoms with van der Waals surface area (Å²) in [6.45, 7) is 3.79. The van der Waals surface area contributed by atoms with Crippen LogP contribution in [-0.4, -0.2) is 102 Å². The van der Waals surface area contributed by atoms with Crippen molar-refractivity contribution in [3.8, 4) is 28.7 Å². The molecule has 16 heteroatoms. The number of benzene rings is 2. The largest absolute Gasteiger partial charge is 0.492 e. The van der Waals surface area contributed by atoms with E-state index in [4.69, 9.17) is 53.8 Å². The number of aliphatic carboxylic acids is 1. The Kier molecular flexibility index (Phi) is 10.1. The molecule has 0 aliphatic carbocycles. The maximum absolute atomic E-state index is 11.7. The summed E-state index contributed by atoms with van der Waals surface area (Å²) in [7, 11) is 0. The molecular weight excluding hydrogens is 638 g/mol. The smallest absolute Gasteiger partial charge is 0.317 e. The molecule has 0 amide bonds. The van der Waals surface area contributed by atoms with Crippen LogP contribution in [0.5, 0.6) is 28.7 Å². The van der Waals surface area contributed by atoms with E-state index in [1.54, 1.807) is 18.2 Å². The average Bonchev–Trinajstić information content (AvgIpc) is 3.65. The summed E-state index contributed by atoms with van der Waals surface area (Å²) in [5.41, 5.74) is 8.03. The Balaban J connectivity index is 1.18. The molecule has 4 aliphatic rings. The van der Waals surface area contributed by atoms with Gasteiger partial charge in [0.1, 0.15) is 55.5 Å². The number of esters is 1. The quantitative estimate of drug-likeness (QED) is 0.0852. The highest BCUT2D eigenvalue weighted by Crippen LogP contribution is 2.57. The summed E-state index contributed by atoms with van der Waals surface area (Å²) < 4.78 is 40.6. The number of carboxylic acids is 1. The number of fused-ring (bicyclic) bond motifs is 6. The van der Waals surface area contributed by atoms with Gasteiger partial charge in [-0.05, 0) is 36.6 Å². The molecule has 6 rings (SSSR count). The highest BCUT2D eigenvalue weighted by atomic mass is 17.2. The van der Waals surface area contributed by atoms with E-state index < -0.39 is 68.1 Å². The minimum absolute atomic E-state index is 0.00498. The number of carboxylic acid groups (broad SMARTS) is 1. The van der Waals surface area contributed by atoms with Crippen LogP contribution in [0, 0.1) is 5.92 Å². The van der Waals surface area contributed by atoms with Crippen molar-refractivity contribution in [1.82, 2.24) is 0 Å². The van der Waals surface area contributed by atoms with Crippen molar-refractivity contribution in [3.05, 3.63) is 41.0 Å². The molecule has 16 nitrogen and oxygen atoms in total. The molecule has 0 unspecified atom stereocenters. The molecule has 1 saturated heterocycles. The zero-order valence-corrected chi connectivity index (χ0v) is 26.3. The number of carbonyl (C=O) groups is 2. The van der Waals surface area contributed by atoms with E-state index in [1.165, 1.54) is 0 Å². The molecule has 6 N–H and O–H groups in total. The lowest BCUT2D eigenvalue weighted by Gasteiger charge is -2.40. The van der Waals surface area contributed by atoms with Gasteiger partial charge in [-0.3, -0.25) is 9.59 Å². The van der Waals surface area contributed by atoms with Gasteiger partial charge < -0.3 is 64.2 Å². The molecule has 1 fully saturated rings. The first-order valence-corrected chi connectivity index (χ1v) is 15.7. The van der Waals surface area contributed by atoms with Gasteiger partial charge in [0.25, 0.3) is 6.29 Å². The molecule has 0 radical (unpaired) electrons. The maximum Gasteiger partial charge on any atom is 0.317 e. The Morgan fingerprint density at radius 3 is 2.58 bits per heavy atom.